The van der Waals surface area contributed by atoms with Crippen LogP contribution in [0.25, 0.3) is 0 Å². The van der Waals surface area contributed by atoms with E-state index in [4.69, 9.17) is 4.74 Å². The van der Waals surface area contributed by atoms with Crippen LogP contribution < -0.4 is 25.8 Å². The summed E-state index contributed by atoms with van der Waals surface area (Å²) in [7, 11) is -1.47. The van der Waals surface area contributed by atoms with E-state index in [9.17, 15) is 9.36 Å². The molecule has 5 nitrogen and oxygen atoms in total. The Hall–Kier alpha value is -2.88. The van der Waals surface area contributed by atoms with Gasteiger partial charge in [-0.25, -0.2) is 0 Å². The largest absolute Gasteiger partial charge is 0.497 e. The van der Waals surface area contributed by atoms with E-state index in [1.807, 2.05) is 84.9 Å². The Morgan fingerprint density at radius 2 is 1.39 bits per heavy atom. The van der Waals surface area contributed by atoms with Crippen molar-refractivity contribution in [2.45, 2.75) is 38.8 Å². The fraction of sp³-hybridized carbons (Fsp3) is 0.296. The Morgan fingerprint density at radius 3 is 1.85 bits per heavy atom. The van der Waals surface area contributed by atoms with E-state index in [2.05, 4.69) is 24.3 Å². The maximum absolute atomic E-state index is 14.6. The monoisotopic (exact) mass is 464 g/mol. The minimum absolute atomic E-state index is 0.0872. The molecule has 0 fully saturated rings. The van der Waals surface area contributed by atoms with Crippen LogP contribution in [0.3, 0.4) is 0 Å². The highest BCUT2D eigenvalue weighted by Crippen LogP contribution is 2.41. The minimum atomic E-state index is -3.10. The van der Waals surface area contributed by atoms with Gasteiger partial charge in [0.1, 0.15) is 5.75 Å². The smallest absolute Gasteiger partial charge is 0.207 e. The van der Waals surface area contributed by atoms with Crippen LogP contribution in [0.15, 0.2) is 84.9 Å². The summed E-state index contributed by atoms with van der Waals surface area (Å²) in [5.41, 5.74) is 0.979. The van der Waals surface area contributed by atoms with Crippen LogP contribution in [0, 0.1) is 5.92 Å². The summed E-state index contributed by atoms with van der Waals surface area (Å²) >= 11 is 0. The molecule has 0 heterocycles. The van der Waals surface area contributed by atoms with Gasteiger partial charge < -0.3 is 10.1 Å². The molecular formula is C27H33N2O3P. The van der Waals surface area contributed by atoms with Gasteiger partial charge in [0.2, 0.25) is 13.7 Å². The van der Waals surface area contributed by atoms with Crippen molar-refractivity contribution in [1.29, 1.82) is 0 Å². The first kappa shape index (κ1) is 24.8. The van der Waals surface area contributed by atoms with E-state index in [0.717, 1.165) is 34.8 Å². The van der Waals surface area contributed by atoms with Crippen molar-refractivity contribution in [1.82, 2.24) is 10.4 Å². The van der Waals surface area contributed by atoms with E-state index >= 15 is 0 Å². The lowest BCUT2D eigenvalue weighted by Gasteiger charge is -2.31. The molecule has 2 N–H and O–H groups in total. The lowest BCUT2D eigenvalue weighted by Crippen LogP contribution is -2.38. The summed E-state index contributed by atoms with van der Waals surface area (Å²) in [4.78, 5) is 11.4. The average molecular weight is 465 g/mol. The summed E-state index contributed by atoms with van der Waals surface area (Å²) in [6.45, 7) is 4.31. The van der Waals surface area contributed by atoms with Crippen molar-refractivity contribution < 1.29 is 14.1 Å². The zero-order chi connectivity index (χ0) is 23.7. The third kappa shape index (κ3) is 6.56. The van der Waals surface area contributed by atoms with Gasteiger partial charge in [-0.05, 0) is 60.7 Å². The van der Waals surface area contributed by atoms with Gasteiger partial charge >= 0.3 is 0 Å². The number of amides is 1. The fourth-order valence-corrected chi connectivity index (χ4v) is 6.61. The zero-order valence-corrected chi connectivity index (χ0v) is 20.4. The number of carbonyl (C=O) groups excluding carboxylic acids is 1. The predicted octanol–water partition coefficient (Wildman–Crippen LogP) is 4.81. The summed E-state index contributed by atoms with van der Waals surface area (Å²) < 4.78 is 19.8. The standard InChI is InChI=1S/C27H33N2O3P/c1-21(2)18-23(19-27(28-20-30)22-14-16-24(32-3)17-15-22)29-33(31,25-10-6-4-7-11-25)26-12-8-5-9-13-26/h4-17,20-21,23,27H,18-19H2,1-3H3,(H,28,30)(H,29,31)/t23-,27-/m0/s1. The molecule has 1 amide bonds. The van der Waals surface area contributed by atoms with Gasteiger partial charge in [-0.3, -0.25) is 14.4 Å². The molecule has 0 saturated heterocycles. The molecule has 0 aliphatic carbocycles. The molecule has 6 heteroatoms. The van der Waals surface area contributed by atoms with Crippen LogP contribution in [-0.4, -0.2) is 19.6 Å². The van der Waals surface area contributed by atoms with Gasteiger partial charge in [-0.1, -0.05) is 62.4 Å². The molecule has 3 aromatic rings. The normalized spacial score (nSPS) is 13.3. The van der Waals surface area contributed by atoms with Crippen molar-refractivity contribution in [2.24, 2.45) is 5.92 Å². The molecule has 0 aromatic heterocycles. The predicted molar refractivity (Wildman–Crippen MR) is 136 cm³/mol. The maximum atomic E-state index is 14.6. The van der Waals surface area contributed by atoms with E-state index in [1.165, 1.54) is 0 Å². The molecule has 3 rings (SSSR count). The molecule has 0 aliphatic heterocycles. The number of hydrogen-bond donors (Lipinski definition) is 2. The summed E-state index contributed by atoms with van der Waals surface area (Å²) in [5.74, 6) is 1.15. The summed E-state index contributed by atoms with van der Waals surface area (Å²) in [6, 6.07) is 26.6. The van der Waals surface area contributed by atoms with Gasteiger partial charge in [0, 0.05) is 16.7 Å². The van der Waals surface area contributed by atoms with Crippen LogP contribution in [0.5, 0.6) is 5.75 Å². The number of hydrogen-bond acceptors (Lipinski definition) is 3. The molecule has 174 valence electrons. The molecule has 0 bridgehead atoms. The van der Waals surface area contributed by atoms with Crippen LogP contribution in [0.4, 0.5) is 0 Å². The van der Waals surface area contributed by atoms with Gasteiger partial charge in [0.25, 0.3) is 0 Å². The Morgan fingerprint density at radius 1 is 0.848 bits per heavy atom. The first-order valence-electron chi connectivity index (χ1n) is 11.3. The molecule has 3 aromatic carbocycles. The van der Waals surface area contributed by atoms with Crippen molar-refractivity contribution in [3.63, 3.8) is 0 Å². The second-order valence-corrected chi connectivity index (χ2v) is 11.1. The second-order valence-electron chi connectivity index (χ2n) is 8.58. The highest BCUT2D eigenvalue weighted by atomic mass is 31.2. The van der Waals surface area contributed by atoms with Gasteiger partial charge in [-0.2, -0.15) is 0 Å². The SMILES string of the molecule is COc1ccc([C@H](C[C@H](CC(C)C)NP(=O)(c2ccccc2)c2ccccc2)NC=O)cc1. The van der Waals surface area contributed by atoms with Crippen molar-refractivity contribution in [3.05, 3.63) is 90.5 Å². The van der Waals surface area contributed by atoms with Crippen molar-refractivity contribution >= 4 is 24.3 Å². The Bertz CT molecular complexity index is 996. The van der Waals surface area contributed by atoms with E-state index in [-0.39, 0.29) is 12.1 Å². The van der Waals surface area contributed by atoms with E-state index < -0.39 is 7.29 Å². The molecule has 0 saturated carbocycles. The fourth-order valence-electron chi connectivity index (χ4n) is 4.10. The van der Waals surface area contributed by atoms with Crippen LogP contribution in [0.2, 0.25) is 0 Å². The molecule has 0 aliphatic rings. The molecule has 2 atom stereocenters. The maximum Gasteiger partial charge on any atom is 0.207 e. The van der Waals surface area contributed by atoms with Crippen LogP contribution in [-0.2, 0) is 9.36 Å². The average Bonchev–Trinajstić information content (AvgIpc) is 2.84. The van der Waals surface area contributed by atoms with Gasteiger partial charge in [0.15, 0.2) is 0 Å². The Labute approximate surface area is 197 Å². The Kier molecular flexibility index (Phi) is 8.87. The topological polar surface area (TPSA) is 67.4 Å². The lowest BCUT2D eigenvalue weighted by molar-refractivity contribution is -0.110. The third-order valence-corrected chi connectivity index (χ3v) is 8.45. The summed E-state index contributed by atoms with van der Waals surface area (Å²) in [6.07, 6.45) is 2.15. The van der Waals surface area contributed by atoms with E-state index in [0.29, 0.717) is 12.3 Å². The summed E-state index contributed by atoms with van der Waals surface area (Å²) in [5, 5.41) is 8.05. The van der Waals surface area contributed by atoms with Crippen molar-refractivity contribution in [3.8, 4) is 5.75 Å². The number of ether oxygens (including phenoxy) is 1. The molecule has 0 radical (unpaired) electrons. The molecule has 33 heavy (non-hydrogen) atoms. The van der Waals surface area contributed by atoms with Crippen LogP contribution >= 0.6 is 7.29 Å². The first-order chi connectivity index (χ1) is 16.0. The Balaban J connectivity index is 1.95. The van der Waals surface area contributed by atoms with Gasteiger partial charge in [-0.15, -0.1) is 0 Å². The van der Waals surface area contributed by atoms with Gasteiger partial charge in [0.05, 0.1) is 13.2 Å². The van der Waals surface area contributed by atoms with E-state index in [1.54, 1.807) is 7.11 Å². The number of nitrogens with one attached hydrogen (secondary N) is 2. The lowest BCUT2D eigenvalue weighted by atomic mass is 9.94. The number of methoxy groups -OCH3 is 1. The molecule has 0 spiro atoms. The highest BCUT2D eigenvalue weighted by molar-refractivity contribution is 7.76. The number of carbonyl (C=O) groups is 1. The van der Waals surface area contributed by atoms with Crippen LogP contribution in [0.1, 0.15) is 38.3 Å². The third-order valence-electron chi connectivity index (χ3n) is 5.67. The quantitative estimate of drug-likeness (QED) is 0.298. The zero-order valence-electron chi connectivity index (χ0n) is 19.5. The minimum Gasteiger partial charge on any atom is -0.497 e. The van der Waals surface area contributed by atoms with Crippen molar-refractivity contribution in [2.75, 3.05) is 7.11 Å². The molecule has 0 unspecified atom stereocenters. The highest BCUT2D eigenvalue weighted by Gasteiger charge is 2.31. The number of rotatable bonds is 12. The second kappa shape index (κ2) is 11.8. The number of benzene rings is 3. The first-order valence-corrected chi connectivity index (χ1v) is 13.0. The molecular weight excluding hydrogens is 431 g/mol.